The summed E-state index contributed by atoms with van der Waals surface area (Å²) in [7, 11) is 0. The molecule has 0 fully saturated rings. The number of carbonyl (C=O) groups excluding carboxylic acids is 3. The largest absolute Gasteiger partial charge is 0.345 e. The Labute approximate surface area is 197 Å². The van der Waals surface area contributed by atoms with Gasteiger partial charge in [-0.3, -0.25) is 19.3 Å². The average Bonchev–Trinajstić information content (AvgIpc) is 3.13. The van der Waals surface area contributed by atoms with Crippen molar-refractivity contribution in [1.82, 2.24) is 5.32 Å². The molecule has 0 aromatic heterocycles. The first-order chi connectivity index (χ1) is 16.5. The van der Waals surface area contributed by atoms with E-state index in [-0.39, 0.29) is 30.3 Å². The minimum Gasteiger partial charge on any atom is -0.345 e. The van der Waals surface area contributed by atoms with Crippen LogP contribution in [0.2, 0.25) is 0 Å². The standard InChI is InChI=1S/C28H23N3O3/c1-18(19-9-3-2-4-10-19)29-27(33)21-13-5-6-15-23(21)30-25(32)17-31-24-16-8-12-20-11-7-14-22(26(20)24)28(31)34/h2-16,18H,17H2,1H3,(H,29,33)(H,30,32)/t18-/m1/s1. The highest BCUT2D eigenvalue weighted by Gasteiger charge is 2.31. The van der Waals surface area contributed by atoms with Crippen LogP contribution in [0, 0.1) is 0 Å². The van der Waals surface area contributed by atoms with E-state index in [1.165, 1.54) is 4.90 Å². The molecule has 168 valence electrons. The Kier molecular flexibility index (Phi) is 5.55. The van der Waals surface area contributed by atoms with E-state index < -0.39 is 0 Å². The molecule has 1 aliphatic heterocycles. The van der Waals surface area contributed by atoms with Crippen molar-refractivity contribution < 1.29 is 14.4 Å². The van der Waals surface area contributed by atoms with Crippen molar-refractivity contribution in [2.45, 2.75) is 13.0 Å². The Morgan fingerprint density at radius 2 is 1.56 bits per heavy atom. The zero-order chi connectivity index (χ0) is 23.7. The van der Waals surface area contributed by atoms with Crippen molar-refractivity contribution in [2.75, 3.05) is 16.8 Å². The summed E-state index contributed by atoms with van der Waals surface area (Å²) in [5, 5.41) is 7.61. The van der Waals surface area contributed by atoms with Gasteiger partial charge >= 0.3 is 0 Å². The van der Waals surface area contributed by atoms with Crippen LogP contribution in [0.1, 0.15) is 39.2 Å². The van der Waals surface area contributed by atoms with Crippen molar-refractivity contribution >= 4 is 39.9 Å². The lowest BCUT2D eigenvalue weighted by atomic mass is 10.1. The van der Waals surface area contributed by atoms with Crippen molar-refractivity contribution in [3.63, 3.8) is 0 Å². The van der Waals surface area contributed by atoms with Gasteiger partial charge in [-0.2, -0.15) is 0 Å². The maximum absolute atomic E-state index is 13.0. The highest BCUT2D eigenvalue weighted by atomic mass is 16.2. The van der Waals surface area contributed by atoms with E-state index in [1.807, 2.05) is 67.6 Å². The van der Waals surface area contributed by atoms with Crippen LogP contribution in [0.25, 0.3) is 10.8 Å². The Balaban J connectivity index is 1.32. The molecule has 0 spiro atoms. The lowest BCUT2D eigenvalue weighted by Crippen LogP contribution is -2.36. The second kappa shape index (κ2) is 8.83. The molecule has 4 aromatic carbocycles. The molecule has 0 saturated carbocycles. The van der Waals surface area contributed by atoms with Gasteiger partial charge in [0.1, 0.15) is 6.54 Å². The molecule has 5 rings (SSSR count). The van der Waals surface area contributed by atoms with Crippen molar-refractivity contribution in [3.05, 3.63) is 108 Å². The number of para-hydroxylation sites is 1. The summed E-state index contributed by atoms with van der Waals surface area (Å²) in [6.07, 6.45) is 0. The third-order valence-electron chi connectivity index (χ3n) is 6.04. The van der Waals surface area contributed by atoms with Crippen LogP contribution in [0.15, 0.2) is 91.0 Å². The third-order valence-corrected chi connectivity index (χ3v) is 6.04. The van der Waals surface area contributed by atoms with Gasteiger partial charge in [-0.1, -0.05) is 66.7 Å². The van der Waals surface area contributed by atoms with Crippen LogP contribution < -0.4 is 15.5 Å². The molecule has 1 heterocycles. The van der Waals surface area contributed by atoms with E-state index in [0.717, 1.165) is 22.0 Å². The lowest BCUT2D eigenvalue weighted by Gasteiger charge is -2.19. The number of nitrogens with zero attached hydrogens (tertiary/aromatic N) is 1. The molecule has 6 heteroatoms. The Morgan fingerprint density at radius 3 is 2.35 bits per heavy atom. The predicted molar refractivity (Wildman–Crippen MR) is 133 cm³/mol. The molecule has 3 amide bonds. The van der Waals surface area contributed by atoms with Crippen LogP contribution >= 0.6 is 0 Å². The molecule has 1 atom stereocenters. The first kappa shape index (κ1) is 21.4. The summed E-state index contributed by atoms with van der Waals surface area (Å²) in [5.41, 5.74) is 3.05. The summed E-state index contributed by atoms with van der Waals surface area (Å²) in [6, 6.07) is 27.6. The molecule has 6 nitrogen and oxygen atoms in total. The van der Waals surface area contributed by atoms with Gasteiger partial charge in [-0.25, -0.2) is 0 Å². The second-order valence-electron chi connectivity index (χ2n) is 8.27. The molecular formula is C28H23N3O3. The maximum Gasteiger partial charge on any atom is 0.259 e. The van der Waals surface area contributed by atoms with Gasteiger partial charge in [-0.05, 0) is 42.1 Å². The van der Waals surface area contributed by atoms with E-state index in [9.17, 15) is 14.4 Å². The third kappa shape index (κ3) is 3.90. The predicted octanol–water partition coefficient (Wildman–Crippen LogP) is 4.93. The summed E-state index contributed by atoms with van der Waals surface area (Å²) in [4.78, 5) is 40.4. The Morgan fingerprint density at radius 1 is 0.853 bits per heavy atom. The molecule has 2 N–H and O–H groups in total. The van der Waals surface area contributed by atoms with E-state index in [2.05, 4.69) is 10.6 Å². The zero-order valence-electron chi connectivity index (χ0n) is 18.6. The van der Waals surface area contributed by atoms with Gasteiger partial charge < -0.3 is 10.6 Å². The Hall–Kier alpha value is -4.45. The molecule has 0 radical (unpaired) electrons. The number of nitrogens with one attached hydrogen (secondary N) is 2. The molecule has 0 unspecified atom stereocenters. The highest BCUT2D eigenvalue weighted by molar-refractivity contribution is 6.26. The molecule has 34 heavy (non-hydrogen) atoms. The number of benzene rings is 4. The van der Waals surface area contributed by atoms with E-state index in [4.69, 9.17) is 0 Å². The number of hydrogen-bond donors (Lipinski definition) is 2. The molecule has 0 saturated heterocycles. The zero-order valence-corrected chi connectivity index (χ0v) is 18.6. The van der Waals surface area contributed by atoms with Crippen LogP contribution in [-0.4, -0.2) is 24.3 Å². The molecule has 0 aliphatic carbocycles. The fourth-order valence-electron chi connectivity index (χ4n) is 4.36. The number of rotatable bonds is 6. The van der Waals surface area contributed by atoms with Crippen molar-refractivity contribution in [3.8, 4) is 0 Å². The number of carbonyl (C=O) groups is 3. The fraction of sp³-hybridized carbons (Fsp3) is 0.107. The quantitative estimate of drug-likeness (QED) is 0.438. The van der Waals surface area contributed by atoms with Gasteiger partial charge in [0.15, 0.2) is 0 Å². The number of amides is 3. The summed E-state index contributed by atoms with van der Waals surface area (Å²) < 4.78 is 0. The fourth-order valence-corrected chi connectivity index (χ4v) is 4.36. The number of hydrogen-bond acceptors (Lipinski definition) is 3. The normalized spacial score (nSPS) is 13.1. The summed E-state index contributed by atoms with van der Waals surface area (Å²) in [5.74, 6) is -0.874. The first-order valence-electron chi connectivity index (χ1n) is 11.1. The maximum atomic E-state index is 13.0. The first-order valence-corrected chi connectivity index (χ1v) is 11.1. The van der Waals surface area contributed by atoms with Gasteiger partial charge in [0.25, 0.3) is 11.8 Å². The van der Waals surface area contributed by atoms with Gasteiger partial charge in [0.2, 0.25) is 5.91 Å². The molecule has 1 aliphatic rings. The summed E-state index contributed by atoms with van der Waals surface area (Å²) >= 11 is 0. The van der Waals surface area contributed by atoms with E-state index in [0.29, 0.717) is 16.8 Å². The van der Waals surface area contributed by atoms with Crippen molar-refractivity contribution in [1.29, 1.82) is 0 Å². The molecule has 0 bridgehead atoms. The SMILES string of the molecule is C[C@@H](NC(=O)c1ccccc1NC(=O)CN1C(=O)c2cccc3cccc1c23)c1ccccc1. The average molecular weight is 450 g/mol. The lowest BCUT2D eigenvalue weighted by molar-refractivity contribution is -0.114. The number of anilines is 2. The van der Waals surface area contributed by atoms with Crippen LogP contribution in [0.4, 0.5) is 11.4 Å². The van der Waals surface area contributed by atoms with Crippen LogP contribution in [-0.2, 0) is 4.79 Å². The minimum absolute atomic E-state index is 0.150. The second-order valence-corrected chi connectivity index (χ2v) is 8.27. The molecule has 4 aromatic rings. The van der Waals surface area contributed by atoms with Gasteiger partial charge in [0, 0.05) is 10.9 Å². The van der Waals surface area contributed by atoms with Crippen LogP contribution in [0.3, 0.4) is 0 Å². The Bertz CT molecular complexity index is 1410. The van der Waals surface area contributed by atoms with Crippen molar-refractivity contribution in [2.24, 2.45) is 0 Å². The van der Waals surface area contributed by atoms with E-state index >= 15 is 0 Å². The molecular weight excluding hydrogens is 426 g/mol. The minimum atomic E-state index is -0.380. The summed E-state index contributed by atoms with van der Waals surface area (Å²) in [6.45, 7) is 1.76. The van der Waals surface area contributed by atoms with Gasteiger partial charge in [-0.15, -0.1) is 0 Å². The van der Waals surface area contributed by atoms with Gasteiger partial charge in [0.05, 0.1) is 23.0 Å². The highest BCUT2D eigenvalue weighted by Crippen LogP contribution is 2.37. The van der Waals surface area contributed by atoms with Crippen LogP contribution in [0.5, 0.6) is 0 Å². The topological polar surface area (TPSA) is 78.5 Å². The smallest absolute Gasteiger partial charge is 0.259 e. The van der Waals surface area contributed by atoms with E-state index in [1.54, 1.807) is 30.3 Å². The monoisotopic (exact) mass is 449 g/mol.